The van der Waals surface area contributed by atoms with Crippen molar-refractivity contribution in [2.75, 3.05) is 13.2 Å². The molecular weight excluding hydrogens is 286 g/mol. The monoisotopic (exact) mass is 303 g/mol. The highest BCUT2D eigenvalue weighted by atomic mass is 32.2. The fraction of sp³-hybridized carbons (Fsp3) is 0.417. The lowest BCUT2D eigenvalue weighted by atomic mass is 10.1. The van der Waals surface area contributed by atoms with Gasteiger partial charge in [-0.3, -0.25) is 0 Å². The Morgan fingerprint density at radius 2 is 2.05 bits per heavy atom. The Morgan fingerprint density at radius 1 is 1.40 bits per heavy atom. The van der Waals surface area contributed by atoms with Crippen LogP contribution in [0.5, 0.6) is 0 Å². The number of aliphatic hydroxyl groups is 2. The number of carboxylic acid groups (broad SMARTS) is 1. The van der Waals surface area contributed by atoms with Gasteiger partial charge >= 0.3 is 5.97 Å². The number of rotatable bonds is 7. The zero-order valence-corrected chi connectivity index (χ0v) is 11.7. The second kappa shape index (κ2) is 6.80. The highest BCUT2D eigenvalue weighted by Gasteiger charge is 2.19. The molecule has 1 unspecified atom stereocenters. The van der Waals surface area contributed by atoms with E-state index in [1.807, 2.05) is 0 Å². The van der Waals surface area contributed by atoms with Gasteiger partial charge in [-0.15, -0.1) is 0 Å². The Labute approximate surface area is 116 Å². The van der Waals surface area contributed by atoms with E-state index in [-0.39, 0.29) is 17.0 Å². The Kier molecular flexibility index (Phi) is 5.63. The summed E-state index contributed by atoms with van der Waals surface area (Å²) in [6.07, 6.45) is -0.739. The Morgan fingerprint density at radius 3 is 2.55 bits per heavy atom. The number of hydrogen-bond donors (Lipinski definition) is 4. The maximum atomic E-state index is 11.9. The molecule has 0 heterocycles. The molecule has 0 aliphatic carbocycles. The molecule has 1 aromatic rings. The number of aliphatic hydroxyl groups excluding tert-OH is 2. The van der Waals surface area contributed by atoms with Crippen LogP contribution < -0.4 is 4.72 Å². The van der Waals surface area contributed by atoms with Crippen molar-refractivity contribution in [1.82, 2.24) is 4.72 Å². The first-order valence-corrected chi connectivity index (χ1v) is 7.45. The Bertz CT molecular complexity index is 584. The Balaban J connectivity index is 3.07. The molecule has 8 heteroatoms. The molecule has 0 radical (unpaired) electrons. The van der Waals surface area contributed by atoms with Crippen molar-refractivity contribution in [2.45, 2.75) is 24.3 Å². The summed E-state index contributed by atoms with van der Waals surface area (Å²) in [5.41, 5.74) is 0.463. The van der Waals surface area contributed by atoms with Gasteiger partial charge in [-0.05, 0) is 24.1 Å². The number of benzene rings is 1. The fourth-order valence-electron chi connectivity index (χ4n) is 1.58. The normalized spacial score (nSPS) is 13.2. The van der Waals surface area contributed by atoms with E-state index in [2.05, 4.69) is 4.72 Å². The molecule has 4 N–H and O–H groups in total. The summed E-state index contributed by atoms with van der Waals surface area (Å²) in [5, 5.41) is 26.8. The van der Waals surface area contributed by atoms with Crippen LogP contribution in [0, 0.1) is 0 Å². The standard InChI is InChI=1S/C12H17NO6S/c1-2-8-3-4-10(5-11(8)12(16)17)20(18,19)13-6-9(15)7-14/h3-5,9,13-15H,2,6-7H2,1H3,(H,16,17). The lowest BCUT2D eigenvalue weighted by Crippen LogP contribution is -2.34. The fourth-order valence-corrected chi connectivity index (χ4v) is 2.68. The SMILES string of the molecule is CCc1ccc(S(=O)(=O)NCC(O)CO)cc1C(=O)O. The van der Waals surface area contributed by atoms with E-state index >= 15 is 0 Å². The van der Waals surface area contributed by atoms with E-state index in [0.717, 1.165) is 6.07 Å². The largest absolute Gasteiger partial charge is 0.478 e. The third-order valence-corrected chi connectivity index (χ3v) is 4.14. The maximum absolute atomic E-state index is 11.9. The van der Waals surface area contributed by atoms with E-state index in [4.69, 9.17) is 15.3 Å². The van der Waals surface area contributed by atoms with E-state index in [1.165, 1.54) is 12.1 Å². The molecule has 0 aliphatic rings. The number of aryl methyl sites for hydroxylation is 1. The van der Waals surface area contributed by atoms with Crippen LogP contribution in [-0.4, -0.2) is 49.0 Å². The second-order valence-corrected chi connectivity index (χ2v) is 5.93. The van der Waals surface area contributed by atoms with Gasteiger partial charge in [-0.25, -0.2) is 17.9 Å². The predicted octanol–water partition coefficient (Wildman–Crippen LogP) is -0.421. The van der Waals surface area contributed by atoms with Crippen LogP contribution in [0.4, 0.5) is 0 Å². The molecule has 0 saturated heterocycles. The van der Waals surface area contributed by atoms with Crippen LogP contribution in [0.15, 0.2) is 23.1 Å². The van der Waals surface area contributed by atoms with Gasteiger partial charge < -0.3 is 15.3 Å². The minimum atomic E-state index is -3.93. The van der Waals surface area contributed by atoms with E-state index in [0.29, 0.717) is 12.0 Å². The molecule has 0 bridgehead atoms. The van der Waals surface area contributed by atoms with Gasteiger partial charge in [-0.1, -0.05) is 13.0 Å². The van der Waals surface area contributed by atoms with E-state index in [9.17, 15) is 13.2 Å². The number of carboxylic acids is 1. The van der Waals surface area contributed by atoms with Crippen molar-refractivity contribution in [3.8, 4) is 0 Å². The highest BCUT2D eigenvalue weighted by molar-refractivity contribution is 7.89. The average Bonchev–Trinajstić information content (AvgIpc) is 2.43. The molecule has 112 valence electrons. The number of carbonyl (C=O) groups is 1. The van der Waals surface area contributed by atoms with Gasteiger partial charge in [0.05, 0.1) is 23.2 Å². The molecule has 0 aromatic heterocycles. The van der Waals surface area contributed by atoms with Crippen molar-refractivity contribution in [3.05, 3.63) is 29.3 Å². The zero-order chi connectivity index (χ0) is 15.3. The average molecular weight is 303 g/mol. The third kappa shape index (κ3) is 4.01. The highest BCUT2D eigenvalue weighted by Crippen LogP contribution is 2.17. The quantitative estimate of drug-likeness (QED) is 0.542. The molecule has 1 atom stereocenters. The molecule has 1 rings (SSSR count). The smallest absolute Gasteiger partial charge is 0.336 e. The van der Waals surface area contributed by atoms with Gasteiger partial charge in [0, 0.05) is 6.54 Å². The van der Waals surface area contributed by atoms with Gasteiger partial charge in [-0.2, -0.15) is 0 Å². The zero-order valence-electron chi connectivity index (χ0n) is 10.9. The predicted molar refractivity (Wildman–Crippen MR) is 71.1 cm³/mol. The summed E-state index contributed by atoms with van der Waals surface area (Å²) in [6.45, 7) is 0.847. The first kappa shape index (κ1) is 16.6. The van der Waals surface area contributed by atoms with Crippen LogP contribution in [0.3, 0.4) is 0 Å². The van der Waals surface area contributed by atoms with Crippen molar-refractivity contribution in [3.63, 3.8) is 0 Å². The number of sulfonamides is 1. The molecule has 0 fully saturated rings. The topological polar surface area (TPSA) is 124 Å². The Hall–Kier alpha value is -1.48. The van der Waals surface area contributed by atoms with Gasteiger partial charge in [0.1, 0.15) is 0 Å². The lowest BCUT2D eigenvalue weighted by Gasteiger charge is -2.11. The van der Waals surface area contributed by atoms with Crippen molar-refractivity contribution in [1.29, 1.82) is 0 Å². The minimum absolute atomic E-state index is 0.0712. The summed E-state index contributed by atoms with van der Waals surface area (Å²) in [6, 6.07) is 3.83. The molecule has 0 amide bonds. The summed E-state index contributed by atoms with van der Waals surface area (Å²) in [4.78, 5) is 10.9. The molecule has 20 heavy (non-hydrogen) atoms. The van der Waals surface area contributed by atoms with E-state index < -0.39 is 28.7 Å². The molecular formula is C12H17NO6S. The molecule has 0 saturated carbocycles. The summed E-state index contributed by atoms with van der Waals surface area (Å²) in [5.74, 6) is -1.20. The third-order valence-electron chi connectivity index (χ3n) is 2.72. The molecule has 1 aromatic carbocycles. The van der Waals surface area contributed by atoms with Crippen LogP contribution in [-0.2, 0) is 16.4 Å². The maximum Gasteiger partial charge on any atom is 0.336 e. The minimum Gasteiger partial charge on any atom is -0.478 e. The van der Waals surface area contributed by atoms with Gasteiger partial charge in [0.2, 0.25) is 10.0 Å². The summed E-state index contributed by atoms with van der Waals surface area (Å²) in [7, 11) is -3.93. The van der Waals surface area contributed by atoms with Crippen LogP contribution in [0.25, 0.3) is 0 Å². The second-order valence-electron chi connectivity index (χ2n) is 4.17. The summed E-state index contributed by atoms with van der Waals surface area (Å²) < 4.78 is 26.0. The van der Waals surface area contributed by atoms with Crippen LogP contribution in [0.1, 0.15) is 22.8 Å². The van der Waals surface area contributed by atoms with Crippen LogP contribution in [0.2, 0.25) is 0 Å². The first-order chi connectivity index (χ1) is 9.31. The van der Waals surface area contributed by atoms with E-state index in [1.54, 1.807) is 6.92 Å². The van der Waals surface area contributed by atoms with Crippen molar-refractivity contribution < 1.29 is 28.5 Å². The molecule has 0 aliphatic heterocycles. The van der Waals surface area contributed by atoms with Crippen molar-refractivity contribution in [2.24, 2.45) is 0 Å². The number of aromatic carboxylic acids is 1. The van der Waals surface area contributed by atoms with Crippen LogP contribution >= 0.6 is 0 Å². The molecule has 7 nitrogen and oxygen atoms in total. The molecule has 0 spiro atoms. The van der Waals surface area contributed by atoms with Crippen molar-refractivity contribution >= 4 is 16.0 Å². The first-order valence-electron chi connectivity index (χ1n) is 5.96. The summed E-state index contributed by atoms with van der Waals surface area (Å²) >= 11 is 0. The van der Waals surface area contributed by atoms with Gasteiger partial charge in [0.25, 0.3) is 0 Å². The number of nitrogens with one attached hydrogen (secondary N) is 1. The number of hydrogen-bond acceptors (Lipinski definition) is 5. The van der Waals surface area contributed by atoms with Gasteiger partial charge in [0.15, 0.2) is 0 Å². The lowest BCUT2D eigenvalue weighted by molar-refractivity contribution is 0.0695.